The first kappa shape index (κ1) is 26.9. The third kappa shape index (κ3) is 7.00. The van der Waals surface area contributed by atoms with Crippen molar-refractivity contribution in [2.75, 3.05) is 21.1 Å². The number of hydroxylamine groups is 2. The summed E-state index contributed by atoms with van der Waals surface area (Å²) < 4.78 is 0. The van der Waals surface area contributed by atoms with Crippen LogP contribution in [0.5, 0.6) is 0 Å². The largest absolute Gasteiger partial charge is 0.343 e. The molecule has 2 atom stereocenters. The van der Waals surface area contributed by atoms with Gasteiger partial charge in [-0.2, -0.15) is 5.06 Å². The van der Waals surface area contributed by atoms with Crippen molar-refractivity contribution in [3.63, 3.8) is 0 Å². The SMILES string of the molecule is CN(OC1CC(C(=O)N(C)C2CCCCC2)CC(C(=O)N(C)C2CCCCC2)C1)C1CCCCC1. The van der Waals surface area contributed by atoms with Crippen LogP contribution in [0.1, 0.15) is 116 Å². The normalized spacial score (nSPS) is 29.8. The number of amides is 2. The van der Waals surface area contributed by atoms with Crippen LogP contribution in [-0.4, -0.2) is 72.0 Å². The first-order valence-corrected chi connectivity index (χ1v) is 14.9. The average Bonchev–Trinajstić information content (AvgIpc) is 2.92. The molecule has 4 fully saturated rings. The van der Waals surface area contributed by atoms with E-state index < -0.39 is 0 Å². The fourth-order valence-corrected chi connectivity index (χ4v) is 7.39. The van der Waals surface area contributed by atoms with Crippen LogP contribution in [0.3, 0.4) is 0 Å². The summed E-state index contributed by atoms with van der Waals surface area (Å²) in [6, 6.07) is 1.19. The maximum Gasteiger partial charge on any atom is 0.225 e. The van der Waals surface area contributed by atoms with E-state index in [2.05, 4.69) is 12.1 Å². The topological polar surface area (TPSA) is 53.1 Å². The van der Waals surface area contributed by atoms with E-state index in [1.807, 2.05) is 23.9 Å². The third-order valence-electron chi connectivity index (χ3n) is 9.71. The van der Waals surface area contributed by atoms with Gasteiger partial charge in [-0.15, -0.1) is 0 Å². The fourth-order valence-electron chi connectivity index (χ4n) is 7.39. The molecule has 4 rings (SSSR count). The standard InChI is InChI=1S/C29H51N3O3/c1-30(24-13-7-4-8-14-24)28(33)22-19-23(29(34)31(2)25-15-9-5-10-16-25)21-27(20-22)35-32(3)26-17-11-6-12-18-26/h22-27H,4-21H2,1-3H3. The second-order valence-electron chi connectivity index (χ2n) is 12.1. The zero-order valence-electron chi connectivity index (χ0n) is 22.8. The number of carbonyl (C=O) groups excluding carboxylic acids is 2. The maximum atomic E-state index is 13.7. The van der Waals surface area contributed by atoms with E-state index in [4.69, 9.17) is 4.84 Å². The van der Waals surface area contributed by atoms with Crippen molar-refractivity contribution in [1.82, 2.24) is 14.9 Å². The minimum absolute atomic E-state index is 0.0573. The molecule has 4 aliphatic carbocycles. The van der Waals surface area contributed by atoms with Crippen molar-refractivity contribution in [1.29, 1.82) is 0 Å². The van der Waals surface area contributed by atoms with Gasteiger partial charge >= 0.3 is 0 Å². The van der Waals surface area contributed by atoms with Crippen molar-refractivity contribution in [2.45, 2.75) is 140 Å². The lowest BCUT2D eigenvalue weighted by Crippen LogP contribution is -2.49. The molecule has 4 aliphatic rings. The van der Waals surface area contributed by atoms with Crippen LogP contribution in [0.25, 0.3) is 0 Å². The summed E-state index contributed by atoms with van der Waals surface area (Å²) in [5.74, 6) is 0.246. The van der Waals surface area contributed by atoms with Gasteiger partial charge in [0.2, 0.25) is 11.8 Å². The van der Waals surface area contributed by atoms with E-state index in [0.29, 0.717) is 24.5 Å². The highest BCUT2D eigenvalue weighted by molar-refractivity contribution is 5.83. The van der Waals surface area contributed by atoms with E-state index in [-0.39, 0.29) is 29.8 Å². The van der Waals surface area contributed by atoms with Crippen LogP contribution >= 0.6 is 0 Å². The lowest BCUT2D eigenvalue weighted by molar-refractivity contribution is -0.224. The molecule has 2 unspecified atom stereocenters. The Hall–Kier alpha value is -1.14. The number of rotatable bonds is 7. The third-order valence-corrected chi connectivity index (χ3v) is 9.71. The Morgan fingerprint density at radius 2 is 0.914 bits per heavy atom. The molecule has 6 nitrogen and oxygen atoms in total. The zero-order valence-corrected chi connectivity index (χ0v) is 22.8. The summed E-state index contributed by atoms with van der Waals surface area (Å²) in [5.41, 5.74) is 0. The van der Waals surface area contributed by atoms with Gasteiger partial charge in [0, 0.05) is 51.1 Å². The smallest absolute Gasteiger partial charge is 0.225 e. The van der Waals surface area contributed by atoms with Gasteiger partial charge in [0.15, 0.2) is 0 Å². The van der Waals surface area contributed by atoms with Crippen molar-refractivity contribution in [3.05, 3.63) is 0 Å². The van der Waals surface area contributed by atoms with Gasteiger partial charge in [-0.1, -0.05) is 57.8 Å². The lowest BCUT2D eigenvalue weighted by Gasteiger charge is -2.42. The van der Waals surface area contributed by atoms with Gasteiger partial charge in [0.1, 0.15) is 0 Å². The maximum absolute atomic E-state index is 13.7. The first-order valence-electron chi connectivity index (χ1n) is 14.9. The Morgan fingerprint density at radius 3 is 1.31 bits per heavy atom. The average molecular weight is 490 g/mol. The van der Waals surface area contributed by atoms with Gasteiger partial charge in [-0.3, -0.25) is 14.4 Å². The highest BCUT2D eigenvalue weighted by Gasteiger charge is 2.41. The molecule has 0 spiro atoms. The van der Waals surface area contributed by atoms with Crippen LogP contribution in [0, 0.1) is 11.8 Å². The number of nitrogens with zero attached hydrogens (tertiary/aromatic N) is 3. The summed E-state index contributed by atoms with van der Waals surface area (Å²) in [7, 11) is 6.07. The highest BCUT2D eigenvalue weighted by atomic mass is 16.7. The van der Waals surface area contributed by atoms with Crippen molar-refractivity contribution < 1.29 is 14.4 Å². The quantitative estimate of drug-likeness (QED) is 0.440. The Bertz CT molecular complexity index is 639. The van der Waals surface area contributed by atoms with Crippen LogP contribution in [0.2, 0.25) is 0 Å². The van der Waals surface area contributed by atoms with Gasteiger partial charge in [0.05, 0.1) is 6.10 Å². The van der Waals surface area contributed by atoms with Crippen LogP contribution in [-0.2, 0) is 14.4 Å². The summed E-state index contributed by atoms with van der Waals surface area (Å²) in [5, 5.41) is 2.08. The summed E-state index contributed by atoms with van der Waals surface area (Å²) in [6.45, 7) is 0. The Balaban J connectivity index is 1.44. The van der Waals surface area contributed by atoms with Gasteiger partial charge in [-0.05, 0) is 57.8 Å². The Morgan fingerprint density at radius 1 is 0.543 bits per heavy atom. The monoisotopic (exact) mass is 489 g/mol. The highest BCUT2D eigenvalue weighted by Crippen LogP contribution is 2.36. The van der Waals surface area contributed by atoms with Crippen molar-refractivity contribution in [2.24, 2.45) is 11.8 Å². The molecule has 0 N–H and O–H groups in total. The van der Waals surface area contributed by atoms with Crippen molar-refractivity contribution in [3.8, 4) is 0 Å². The van der Waals surface area contributed by atoms with Crippen LogP contribution < -0.4 is 0 Å². The molecule has 0 aromatic carbocycles. The molecule has 6 heteroatoms. The molecule has 0 saturated heterocycles. The Kier molecular flexibility index (Phi) is 9.91. The second kappa shape index (κ2) is 12.9. The number of carbonyl (C=O) groups is 2. The molecule has 2 amide bonds. The Labute approximate surface area is 214 Å². The predicted molar refractivity (Wildman–Crippen MR) is 140 cm³/mol. The minimum atomic E-state index is -0.117. The zero-order chi connectivity index (χ0) is 24.8. The molecule has 4 saturated carbocycles. The minimum Gasteiger partial charge on any atom is -0.343 e. The van der Waals surface area contributed by atoms with E-state index in [1.165, 1.54) is 70.6 Å². The lowest BCUT2D eigenvalue weighted by atomic mass is 9.77. The summed E-state index contributed by atoms with van der Waals surface area (Å²) in [4.78, 5) is 38.0. The van der Waals surface area contributed by atoms with Gasteiger partial charge in [-0.25, -0.2) is 0 Å². The molecule has 0 radical (unpaired) electrons. The molecule has 35 heavy (non-hydrogen) atoms. The first-order chi connectivity index (χ1) is 16.9. The molecular formula is C29H51N3O3. The predicted octanol–water partition coefficient (Wildman–Crippen LogP) is 5.55. The molecule has 0 aromatic rings. The van der Waals surface area contributed by atoms with Gasteiger partial charge < -0.3 is 9.80 Å². The molecule has 0 aliphatic heterocycles. The van der Waals surface area contributed by atoms with Crippen LogP contribution in [0.15, 0.2) is 0 Å². The second-order valence-corrected chi connectivity index (χ2v) is 12.1. The van der Waals surface area contributed by atoms with E-state index in [1.54, 1.807) is 0 Å². The number of hydrogen-bond acceptors (Lipinski definition) is 4. The molecular weight excluding hydrogens is 438 g/mol. The molecule has 200 valence electrons. The molecule has 0 heterocycles. The molecule has 0 aromatic heterocycles. The van der Waals surface area contributed by atoms with E-state index in [9.17, 15) is 9.59 Å². The van der Waals surface area contributed by atoms with E-state index >= 15 is 0 Å². The van der Waals surface area contributed by atoms with E-state index in [0.717, 1.165) is 38.5 Å². The van der Waals surface area contributed by atoms with Gasteiger partial charge in [0.25, 0.3) is 0 Å². The summed E-state index contributed by atoms with van der Waals surface area (Å²) >= 11 is 0. The van der Waals surface area contributed by atoms with Crippen molar-refractivity contribution >= 4 is 11.8 Å². The van der Waals surface area contributed by atoms with Crippen LogP contribution in [0.4, 0.5) is 0 Å². The summed E-state index contributed by atoms with van der Waals surface area (Å²) in [6.07, 6.45) is 20.2. The fraction of sp³-hybridized carbons (Fsp3) is 0.931. The molecule has 0 bridgehead atoms. The number of hydrogen-bond donors (Lipinski definition) is 0.